The number of aromatic nitrogens is 1. The smallest absolute Gasteiger partial charge is 0.128 e. The average molecular weight is 339 g/mol. The summed E-state index contributed by atoms with van der Waals surface area (Å²) in [5.74, 6) is 1.40. The minimum absolute atomic E-state index is 0.359. The van der Waals surface area contributed by atoms with Crippen molar-refractivity contribution in [3.8, 4) is 17.0 Å². The molecule has 0 atom stereocenters. The third-order valence-electron chi connectivity index (χ3n) is 3.48. The van der Waals surface area contributed by atoms with E-state index in [9.17, 15) is 0 Å². The van der Waals surface area contributed by atoms with Crippen LogP contribution in [0.5, 0.6) is 5.75 Å². The van der Waals surface area contributed by atoms with E-state index in [2.05, 4.69) is 21.3 Å². The van der Waals surface area contributed by atoms with Gasteiger partial charge in [-0.05, 0) is 31.0 Å². The molecule has 1 aliphatic rings. The molecule has 1 aliphatic carbocycles. The van der Waals surface area contributed by atoms with Gasteiger partial charge in [0.2, 0.25) is 0 Å². The number of halogens is 1. The van der Waals surface area contributed by atoms with Gasteiger partial charge in [0, 0.05) is 27.4 Å². The first-order valence-electron chi connectivity index (χ1n) is 6.22. The van der Waals surface area contributed by atoms with Crippen molar-refractivity contribution in [3.63, 3.8) is 0 Å². The summed E-state index contributed by atoms with van der Waals surface area (Å²) in [6, 6.07) is 6.33. The van der Waals surface area contributed by atoms with Crippen molar-refractivity contribution in [2.45, 2.75) is 24.8 Å². The standard InChI is InChI=1S/C14H15BrN2OS/c1-18-13-3-2-9(15)6-11(13)12-7-19-14(17-12)8-4-10(16)5-8/h2-3,6-8,10H,4-5,16H2,1H3. The molecule has 5 heteroatoms. The van der Waals surface area contributed by atoms with Gasteiger partial charge in [0.05, 0.1) is 17.8 Å². The maximum atomic E-state index is 5.84. The summed E-state index contributed by atoms with van der Waals surface area (Å²) in [6.07, 6.45) is 2.12. The summed E-state index contributed by atoms with van der Waals surface area (Å²) in [6.45, 7) is 0. The quantitative estimate of drug-likeness (QED) is 0.926. The summed E-state index contributed by atoms with van der Waals surface area (Å²) in [4.78, 5) is 4.75. The van der Waals surface area contributed by atoms with Crippen molar-refractivity contribution in [1.29, 1.82) is 0 Å². The van der Waals surface area contributed by atoms with Crippen molar-refractivity contribution >= 4 is 27.3 Å². The molecule has 0 amide bonds. The molecular formula is C14H15BrN2OS. The highest BCUT2D eigenvalue weighted by Gasteiger charge is 2.29. The fraction of sp³-hybridized carbons (Fsp3) is 0.357. The van der Waals surface area contributed by atoms with E-state index in [1.165, 1.54) is 5.01 Å². The lowest BCUT2D eigenvalue weighted by Gasteiger charge is -2.30. The van der Waals surface area contributed by atoms with Crippen molar-refractivity contribution in [2.24, 2.45) is 5.73 Å². The van der Waals surface area contributed by atoms with E-state index in [1.807, 2.05) is 18.2 Å². The zero-order valence-electron chi connectivity index (χ0n) is 10.6. The zero-order valence-corrected chi connectivity index (χ0v) is 13.0. The Hall–Kier alpha value is -0.910. The number of ether oxygens (including phenoxy) is 1. The normalized spacial score (nSPS) is 22.1. The second kappa shape index (κ2) is 5.23. The Bertz CT molecular complexity index is 593. The zero-order chi connectivity index (χ0) is 13.4. The Morgan fingerprint density at radius 2 is 2.21 bits per heavy atom. The first kappa shape index (κ1) is 13.1. The van der Waals surface area contributed by atoms with Gasteiger partial charge in [0.15, 0.2) is 0 Å². The Balaban J connectivity index is 1.92. The van der Waals surface area contributed by atoms with Crippen molar-refractivity contribution in [1.82, 2.24) is 4.98 Å². The Morgan fingerprint density at radius 1 is 1.42 bits per heavy atom. The molecule has 1 saturated carbocycles. The van der Waals surface area contributed by atoms with E-state index in [4.69, 9.17) is 15.5 Å². The molecule has 0 bridgehead atoms. The maximum absolute atomic E-state index is 5.84. The highest BCUT2D eigenvalue weighted by atomic mass is 79.9. The number of rotatable bonds is 3. The van der Waals surface area contributed by atoms with E-state index in [1.54, 1.807) is 18.4 Å². The second-order valence-electron chi connectivity index (χ2n) is 4.84. The largest absolute Gasteiger partial charge is 0.496 e. The SMILES string of the molecule is COc1ccc(Br)cc1-c1csc(C2CC(N)C2)n1. The average Bonchev–Trinajstić information content (AvgIpc) is 2.84. The molecule has 1 heterocycles. The van der Waals surface area contributed by atoms with Gasteiger partial charge in [-0.25, -0.2) is 4.98 Å². The first-order valence-corrected chi connectivity index (χ1v) is 7.89. The summed E-state index contributed by atoms with van der Waals surface area (Å²) < 4.78 is 6.44. The molecule has 1 aromatic heterocycles. The van der Waals surface area contributed by atoms with Crippen LogP contribution in [0.15, 0.2) is 28.1 Å². The first-order chi connectivity index (χ1) is 9.17. The molecule has 0 spiro atoms. The highest BCUT2D eigenvalue weighted by molar-refractivity contribution is 9.10. The van der Waals surface area contributed by atoms with Crippen LogP contribution < -0.4 is 10.5 Å². The van der Waals surface area contributed by atoms with Gasteiger partial charge in [-0.2, -0.15) is 0 Å². The van der Waals surface area contributed by atoms with Crippen LogP contribution in [0.25, 0.3) is 11.3 Å². The molecule has 3 rings (SSSR count). The Labute approximate surface area is 124 Å². The molecule has 2 N–H and O–H groups in total. The van der Waals surface area contributed by atoms with Crippen molar-refractivity contribution < 1.29 is 4.74 Å². The van der Waals surface area contributed by atoms with E-state index in [-0.39, 0.29) is 0 Å². The van der Waals surface area contributed by atoms with Gasteiger partial charge in [0.1, 0.15) is 5.75 Å². The second-order valence-corrected chi connectivity index (χ2v) is 6.65. The van der Waals surface area contributed by atoms with Gasteiger partial charge in [-0.3, -0.25) is 0 Å². The molecule has 19 heavy (non-hydrogen) atoms. The summed E-state index contributed by atoms with van der Waals surface area (Å²) in [7, 11) is 1.69. The molecular weight excluding hydrogens is 324 g/mol. The van der Waals surface area contributed by atoms with Crippen LogP contribution in [0, 0.1) is 0 Å². The number of hydrogen-bond donors (Lipinski definition) is 1. The van der Waals surface area contributed by atoms with Crippen LogP contribution in [0.2, 0.25) is 0 Å². The summed E-state index contributed by atoms with van der Waals surface area (Å²) >= 11 is 5.21. The molecule has 1 aromatic carbocycles. The van der Waals surface area contributed by atoms with Crippen molar-refractivity contribution in [2.75, 3.05) is 7.11 Å². The van der Waals surface area contributed by atoms with Crippen LogP contribution in [-0.4, -0.2) is 18.1 Å². The number of benzene rings is 1. The lowest BCUT2D eigenvalue weighted by Crippen LogP contribution is -2.34. The molecule has 0 unspecified atom stereocenters. The van der Waals surface area contributed by atoms with Gasteiger partial charge in [0.25, 0.3) is 0 Å². The van der Waals surface area contributed by atoms with E-state index >= 15 is 0 Å². The monoisotopic (exact) mass is 338 g/mol. The minimum atomic E-state index is 0.359. The number of methoxy groups -OCH3 is 1. The van der Waals surface area contributed by atoms with E-state index in [0.717, 1.165) is 34.3 Å². The molecule has 0 aliphatic heterocycles. The molecule has 100 valence electrons. The predicted molar refractivity (Wildman–Crippen MR) is 81.8 cm³/mol. The van der Waals surface area contributed by atoms with Crippen LogP contribution in [0.3, 0.4) is 0 Å². The fourth-order valence-corrected chi connectivity index (χ4v) is 3.65. The summed E-state index contributed by atoms with van der Waals surface area (Å²) in [5, 5.41) is 3.29. The van der Waals surface area contributed by atoms with Gasteiger partial charge in [-0.1, -0.05) is 15.9 Å². The van der Waals surface area contributed by atoms with Gasteiger partial charge >= 0.3 is 0 Å². The Morgan fingerprint density at radius 3 is 2.89 bits per heavy atom. The molecule has 1 fully saturated rings. The van der Waals surface area contributed by atoms with Crippen LogP contribution in [0.4, 0.5) is 0 Å². The Kier molecular flexibility index (Phi) is 3.60. The van der Waals surface area contributed by atoms with Gasteiger partial charge in [-0.15, -0.1) is 11.3 Å². The molecule has 0 saturated heterocycles. The third kappa shape index (κ3) is 2.55. The van der Waals surface area contributed by atoms with E-state index in [0.29, 0.717) is 12.0 Å². The number of nitrogens with zero attached hydrogens (tertiary/aromatic N) is 1. The van der Waals surface area contributed by atoms with Gasteiger partial charge < -0.3 is 10.5 Å². The highest BCUT2D eigenvalue weighted by Crippen LogP contribution is 2.40. The van der Waals surface area contributed by atoms with Crippen LogP contribution in [-0.2, 0) is 0 Å². The number of thiazole rings is 1. The third-order valence-corrected chi connectivity index (χ3v) is 4.98. The van der Waals surface area contributed by atoms with Crippen LogP contribution in [0.1, 0.15) is 23.8 Å². The minimum Gasteiger partial charge on any atom is -0.496 e. The van der Waals surface area contributed by atoms with Crippen molar-refractivity contribution in [3.05, 3.63) is 33.1 Å². The maximum Gasteiger partial charge on any atom is 0.128 e. The lowest BCUT2D eigenvalue weighted by molar-refractivity contribution is 0.350. The van der Waals surface area contributed by atoms with Crippen LogP contribution >= 0.6 is 27.3 Å². The lowest BCUT2D eigenvalue weighted by atomic mass is 9.81. The predicted octanol–water partition coefficient (Wildman–Crippen LogP) is 3.79. The number of hydrogen-bond acceptors (Lipinski definition) is 4. The fourth-order valence-electron chi connectivity index (χ4n) is 2.34. The summed E-state index contributed by atoms with van der Waals surface area (Å²) in [5.41, 5.74) is 7.86. The number of nitrogens with two attached hydrogens (primary N) is 1. The topological polar surface area (TPSA) is 48.1 Å². The molecule has 3 nitrogen and oxygen atoms in total. The molecule has 0 radical (unpaired) electrons. The van der Waals surface area contributed by atoms with E-state index < -0.39 is 0 Å². The molecule has 2 aromatic rings.